The molecule has 0 aromatic heterocycles. The van der Waals surface area contributed by atoms with E-state index in [1.807, 2.05) is 0 Å². The quantitative estimate of drug-likeness (QED) is 0.436. The highest BCUT2D eigenvalue weighted by molar-refractivity contribution is 5.84. The molecule has 2 aliphatic carbocycles. The van der Waals surface area contributed by atoms with E-state index in [1.54, 1.807) is 0 Å². The Labute approximate surface area is 73.7 Å². The zero-order valence-corrected chi connectivity index (χ0v) is 7.50. The Bertz CT molecular complexity index is 188. The molecule has 0 bridgehead atoms. The monoisotopic (exact) mass is 167 g/mol. The van der Waals surface area contributed by atoms with Gasteiger partial charge in [0, 0.05) is 0 Å². The summed E-state index contributed by atoms with van der Waals surface area (Å²) in [6, 6.07) is 0. The summed E-state index contributed by atoms with van der Waals surface area (Å²) in [5.74, 6) is 1.79. The lowest BCUT2D eigenvalue weighted by Gasteiger charge is -2.35. The molecule has 0 aromatic rings. The fourth-order valence-electron chi connectivity index (χ4n) is 2.78. The topological polar surface area (TPSA) is 32.6 Å². The van der Waals surface area contributed by atoms with Crippen molar-refractivity contribution in [2.24, 2.45) is 17.0 Å². The van der Waals surface area contributed by atoms with Crippen molar-refractivity contribution in [1.82, 2.24) is 0 Å². The van der Waals surface area contributed by atoms with Crippen LogP contribution in [0.3, 0.4) is 0 Å². The van der Waals surface area contributed by atoms with E-state index in [2.05, 4.69) is 5.16 Å². The molecular weight excluding hydrogens is 150 g/mol. The van der Waals surface area contributed by atoms with Gasteiger partial charge in [0.05, 0.1) is 5.71 Å². The summed E-state index contributed by atoms with van der Waals surface area (Å²) >= 11 is 0. The van der Waals surface area contributed by atoms with E-state index in [1.165, 1.54) is 32.1 Å². The smallest absolute Gasteiger partial charge is 0.0573 e. The van der Waals surface area contributed by atoms with E-state index in [9.17, 15) is 0 Å². The molecule has 68 valence electrons. The minimum absolute atomic E-state index is 0.846. The van der Waals surface area contributed by atoms with Gasteiger partial charge < -0.3 is 5.21 Å². The fourth-order valence-corrected chi connectivity index (χ4v) is 2.78. The lowest BCUT2D eigenvalue weighted by molar-refractivity contribution is 0.212. The van der Waals surface area contributed by atoms with Crippen LogP contribution in [0.4, 0.5) is 0 Å². The van der Waals surface area contributed by atoms with Gasteiger partial charge in [0.2, 0.25) is 0 Å². The molecule has 2 heteroatoms. The molecule has 0 heterocycles. The van der Waals surface area contributed by atoms with Gasteiger partial charge >= 0.3 is 0 Å². The molecule has 0 saturated heterocycles. The molecule has 2 aliphatic rings. The molecule has 2 saturated carbocycles. The van der Waals surface area contributed by atoms with E-state index in [-0.39, 0.29) is 0 Å². The van der Waals surface area contributed by atoms with Gasteiger partial charge in [-0.05, 0) is 37.5 Å². The van der Waals surface area contributed by atoms with Crippen LogP contribution < -0.4 is 0 Å². The first-order valence-electron chi connectivity index (χ1n) is 5.10. The minimum Gasteiger partial charge on any atom is -0.411 e. The van der Waals surface area contributed by atoms with Crippen molar-refractivity contribution in [1.29, 1.82) is 0 Å². The summed E-state index contributed by atoms with van der Waals surface area (Å²) in [6.07, 6.45) is 8.97. The third-order valence-electron chi connectivity index (χ3n) is 3.51. The van der Waals surface area contributed by atoms with Crippen LogP contribution in [0.25, 0.3) is 0 Å². The molecular formula is C10H17NO. The predicted molar refractivity (Wildman–Crippen MR) is 48.5 cm³/mol. The summed E-state index contributed by atoms with van der Waals surface area (Å²) in [5, 5.41) is 12.0. The van der Waals surface area contributed by atoms with Gasteiger partial charge in [-0.2, -0.15) is 0 Å². The molecule has 1 N–H and O–H groups in total. The van der Waals surface area contributed by atoms with Gasteiger partial charge in [0.25, 0.3) is 0 Å². The summed E-state index contributed by atoms with van der Waals surface area (Å²) in [7, 11) is 0. The van der Waals surface area contributed by atoms with Gasteiger partial charge in [-0.25, -0.2) is 0 Å². The van der Waals surface area contributed by atoms with Gasteiger partial charge in [-0.3, -0.25) is 0 Å². The maximum absolute atomic E-state index is 8.67. The molecule has 2 nitrogen and oxygen atoms in total. The normalized spacial score (nSPS) is 39.5. The van der Waals surface area contributed by atoms with E-state index in [0.29, 0.717) is 0 Å². The van der Waals surface area contributed by atoms with Crippen LogP contribution >= 0.6 is 0 Å². The van der Waals surface area contributed by atoms with Crippen molar-refractivity contribution in [2.45, 2.75) is 44.9 Å². The Hall–Kier alpha value is -0.530. The highest BCUT2D eigenvalue weighted by Gasteiger charge is 2.30. The van der Waals surface area contributed by atoms with Gasteiger partial charge in [-0.1, -0.05) is 24.4 Å². The van der Waals surface area contributed by atoms with Crippen LogP contribution in [-0.4, -0.2) is 10.9 Å². The van der Waals surface area contributed by atoms with Crippen molar-refractivity contribution in [3.8, 4) is 0 Å². The second kappa shape index (κ2) is 3.46. The molecule has 0 amide bonds. The van der Waals surface area contributed by atoms with E-state index in [4.69, 9.17) is 5.21 Å². The SMILES string of the molecule is ON=C1CC[C@H]2CCCC[C@@H]2C1. The maximum Gasteiger partial charge on any atom is 0.0573 e. The Balaban J connectivity index is 1.98. The third kappa shape index (κ3) is 1.47. The van der Waals surface area contributed by atoms with Crippen LogP contribution in [-0.2, 0) is 0 Å². The molecule has 12 heavy (non-hydrogen) atoms. The molecule has 0 aromatic carbocycles. The lowest BCUT2D eigenvalue weighted by Crippen LogP contribution is -2.27. The second-order valence-electron chi connectivity index (χ2n) is 4.21. The van der Waals surface area contributed by atoms with Crippen molar-refractivity contribution in [3.63, 3.8) is 0 Å². The summed E-state index contributed by atoms with van der Waals surface area (Å²) < 4.78 is 0. The first-order valence-corrected chi connectivity index (χ1v) is 5.10. The zero-order valence-electron chi connectivity index (χ0n) is 7.50. The number of nitrogens with zero attached hydrogens (tertiary/aromatic N) is 1. The van der Waals surface area contributed by atoms with Crippen LogP contribution in [0, 0.1) is 11.8 Å². The largest absolute Gasteiger partial charge is 0.411 e. The maximum atomic E-state index is 8.67. The van der Waals surface area contributed by atoms with Gasteiger partial charge in [-0.15, -0.1) is 0 Å². The first-order chi connectivity index (χ1) is 5.90. The van der Waals surface area contributed by atoms with Gasteiger partial charge in [0.1, 0.15) is 0 Å². The molecule has 0 unspecified atom stereocenters. The van der Waals surface area contributed by atoms with E-state index < -0.39 is 0 Å². The molecule has 0 spiro atoms. The highest BCUT2D eigenvalue weighted by atomic mass is 16.4. The zero-order chi connectivity index (χ0) is 8.39. The molecule has 2 rings (SSSR count). The third-order valence-corrected chi connectivity index (χ3v) is 3.51. The number of fused-ring (bicyclic) bond motifs is 1. The average Bonchev–Trinajstić information content (AvgIpc) is 2.17. The summed E-state index contributed by atoms with van der Waals surface area (Å²) in [5.41, 5.74) is 1.04. The average molecular weight is 167 g/mol. The van der Waals surface area contributed by atoms with Crippen LogP contribution in [0.2, 0.25) is 0 Å². The van der Waals surface area contributed by atoms with E-state index in [0.717, 1.165) is 30.4 Å². The van der Waals surface area contributed by atoms with E-state index >= 15 is 0 Å². The van der Waals surface area contributed by atoms with Crippen LogP contribution in [0.1, 0.15) is 44.9 Å². The molecule has 0 radical (unpaired) electrons. The predicted octanol–water partition coefficient (Wildman–Crippen LogP) is 2.81. The Kier molecular flexibility index (Phi) is 2.33. The molecule has 0 aliphatic heterocycles. The van der Waals surface area contributed by atoms with Gasteiger partial charge in [0.15, 0.2) is 0 Å². The lowest BCUT2D eigenvalue weighted by atomic mass is 9.70. The van der Waals surface area contributed by atoms with Crippen molar-refractivity contribution >= 4 is 5.71 Å². The number of hydrogen-bond donors (Lipinski definition) is 1. The summed E-state index contributed by atoms with van der Waals surface area (Å²) in [6.45, 7) is 0. The van der Waals surface area contributed by atoms with Crippen molar-refractivity contribution < 1.29 is 5.21 Å². The Morgan fingerprint density at radius 3 is 2.58 bits per heavy atom. The minimum atomic E-state index is 0.846. The van der Waals surface area contributed by atoms with Crippen molar-refractivity contribution in [3.05, 3.63) is 0 Å². The summed E-state index contributed by atoms with van der Waals surface area (Å²) in [4.78, 5) is 0. The number of rotatable bonds is 0. The highest BCUT2D eigenvalue weighted by Crippen LogP contribution is 2.39. The number of hydrogen-bond acceptors (Lipinski definition) is 2. The first kappa shape index (κ1) is 8.09. The van der Waals surface area contributed by atoms with Crippen molar-refractivity contribution in [2.75, 3.05) is 0 Å². The Morgan fingerprint density at radius 2 is 1.83 bits per heavy atom. The second-order valence-corrected chi connectivity index (χ2v) is 4.21. The Morgan fingerprint density at radius 1 is 1.08 bits per heavy atom. The molecule has 2 atom stereocenters. The van der Waals surface area contributed by atoms with Crippen LogP contribution in [0.15, 0.2) is 5.16 Å². The molecule has 2 fully saturated rings. The number of oxime groups is 1. The standard InChI is InChI=1S/C10H17NO/c12-11-10-6-5-8-3-1-2-4-9(8)7-10/h8-9,12H,1-7H2/t8-,9-/m1/s1. The fraction of sp³-hybridized carbons (Fsp3) is 0.900. The van der Waals surface area contributed by atoms with Crippen LogP contribution in [0.5, 0.6) is 0 Å².